The average molecular weight is 395 g/mol. The summed E-state index contributed by atoms with van der Waals surface area (Å²) < 4.78 is 10.8. The zero-order valence-electron chi connectivity index (χ0n) is 17.3. The Morgan fingerprint density at radius 1 is 1.10 bits per heavy atom. The zero-order valence-corrected chi connectivity index (χ0v) is 17.3. The molecule has 2 aromatic rings. The highest BCUT2D eigenvalue weighted by Gasteiger charge is 2.40. The van der Waals surface area contributed by atoms with Crippen molar-refractivity contribution in [3.8, 4) is 5.75 Å². The van der Waals surface area contributed by atoms with Gasteiger partial charge in [0.15, 0.2) is 0 Å². The molecule has 5 heteroatoms. The fourth-order valence-electron chi connectivity index (χ4n) is 3.79. The first kappa shape index (κ1) is 20.9. The minimum Gasteiger partial charge on any atom is -0.489 e. The molecule has 5 nitrogen and oxygen atoms in total. The molecule has 1 amide bonds. The molecule has 29 heavy (non-hydrogen) atoms. The highest BCUT2D eigenvalue weighted by molar-refractivity contribution is 5.90. The fraction of sp³-hybridized carbons (Fsp3) is 0.417. The molecule has 0 bridgehead atoms. The summed E-state index contributed by atoms with van der Waals surface area (Å²) in [6, 6.07) is 17.2. The van der Waals surface area contributed by atoms with Crippen molar-refractivity contribution in [3.05, 3.63) is 65.7 Å². The van der Waals surface area contributed by atoms with Crippen molar-refractivity contribution in [2.75, 3.05) is 13.7 Å². The van der Waals surface area contributed by atoms with E-state index in [0.717, 1.165) is 16.9 Å². The fourth-order valence-corrected chi connectivity index (χ4v) is 3.79. The zero-order chi connectivity index (χ0) is 20.8. The van der Waals surface area contributed by atoms with Gasteiger partial charge in [0.2, 0.25) is 5.91 Å². The molecule has 0 unspecified atom stereocenters. The number of carbonyl (C=O) groups is 2. The van der Waals surface area contributed by atoms with Crippen LogP contribution in [0.3, 0.4) is 0 Å². The van der Waals surface area contributed by atoms with Crippen LogP contribution in [0, 0.1) is 5.92 Å². The van der Waals surface area contributed by atoms with Crippen LogP contribution in [0.5, 0.6) is 5.75 Å². The van der Waals surface area contributed by atoms with Gasteiger partial charge < -0.3 is 14.4 Å². The Kier molecular flexibility index (Phi) is 6.91. The molecule has 1 aliphatic heterocycles. The number of hydrogen-bond acceptors (Lipinski definition) is 4. The van der Waals surface area contributed by atoms with Gasteiger partial charge in [-0.3, -0.25) is 4.79 Å². The summed E-state index contributed by atoms with van der Waals surface area (Å²) in [5.74, 6) is 0.507. The van der Waals surface area contributed by atoms with Crippen molar-refractivity contribution >= 4 is 11.9 Å². The molecule has 1 saturated heterocycles. The summed E-state index contributed by atoms with van der Waals surface area (Å²) in [5.41, 5.74) is 2.06. The molecule has 0 aromatic heterocycles. The van der Waals surface area contributed by atoms with E-state index in [1.807, 2.05) is 68.4 Å². The van der Waals surface area contributed by atoms with E-state index in [4.69, 9.17) is 9.47 Å². The van der Waals surface area contributed by atoms with Crippen molar-refractivity contribution in [2.45, 2.75) is 45.3 Å². The maximum Gasteiger partial charge on any atom is 0.328 e. The first-order chi connectivity index (χ1) is 14.0. The number of hydrogen-bond donors (Lipinski definition) is 0. The lowest BCUT2D eigenvalue weighted by Gasteiger charge is -2.27. The molecule has 0 saturated carbocycles. The number of esters is 1. The van der Waals surface area contributed by atoms with Gasteiger partial charge in [0.25, 0.3) is 0 Å². The van der Waals surface area contributed by atoms with Gasteiger partial charge in [0, 0.05) is 6.54 Å². The standard InChI is InChI=1S/C24H29NO4/c1-17(2)15-22(24(27)28-3)25-14-13-21(23(25)26)19-9-11-20(12-10-19)29-16-18-7-5-4-6-8-18/h4-12,17,21-22H,13-16H2,1-3H3/t21-,22-/m1/s1. The third-order valence-electron chi connectivity index (χ3n) is 5.31. The summed E-state index contributed by atoms with van der Waals surface area (Å²) in [7, 11) is 1.38. The Morgan fingerprint density at radius 3 is 2.41 bits per heavy atom. The van der Waals surface area contributed by atoms with Crippen LogP contribution in [0.15, 0.2) is 54.6 Å². The topological polar surface area (TPSA) is 55.8 Å². The van der Waals surface area contributed by atoms with E-state index in [9.17, 15) is 9.59 Å². The summed E-state index contributed by atoms with van der Waals surface area (Å²) in [5, 5.41) is 0. The molecule has 2 aromatic carbocycles. The molecular weight excluding hydrogens is 366 g/mol. The third-order valence-corrected chi connectivity index (χ3v) is 5.31. The van der Waals surface area contributed by atoms with Crippen LogP contribution >= 0.6 is 0 Å². The summed E-state index contributed by atoms with van der Waals surface area (Å²) in [4.78, 5) is 26.9. The molecular formula is C24H29NO4. The maximum absolute atomic E-state index is 13.0. The van der Waals surface area contributed by atoms with E-state index in [1.165, 1.54) is 7.11 Å². The van der Waals surface area contributed by atoms with Crippen LogP contribution in [0.4, 0.5) is 0 Å². The first-order valence-corrected chi connectivity index (χ1v) is 10.1. The molecule has 1 heterocycles. The molecule has 3 rings (SSSR count). The monoisotopic (exact) mass is 395 g/mol. The highest BCUT2D eigenvalue weighted by atomic mass is 16.5. The molecule has 154 valence electrons. The van der Waals surface area contributed by atoms with Gasteiger partial charge in [-0.15, -0.1) is 0 Å². The summed E-state index contributed by atoms with van der Waals surface area (Å²) in [6.07, 6.45) is 1.31. The van der Waals surface area contributed by atoms with E-state index >= 15 is 0 Å². The minimum atomic E-state index is -0.508. The van der Waals surface area contributed by atoms with E-state index in [1.54, 1.807) is 4.90 Å². The minimum absolute atomic E-state index is 0.000922. The highest BCUT2D eigenvalue weighted by Crippen LogP contribution is 2.32. The predicted octanol–water partition coefficient (Wildman–Crippen LogP) is 4.17. The van der Waals surface area contributed by atoms with Gasteiger partial charge in [-0.1, -0.05) is 56.3 Å². The van der Waals surface area contributed by atoms with Crippen molar-refractivity contribution in [1.82, 2.24) is 4.90 Å². The van der Waals surface area contributed by atoms with Crippen LogP contribution in [-0.4, -0.2) is 36.5 Å². The Balaban J connectivity index is 1.65. The van der Waals surface area contributed by atoms with Crippen molar-refractivity contribution in [1.29, 1.82) is 0 Å². The van der Waals surface area contributed by atoms with Gasteiger partial charge in [-0.25, -0.2) is 4.79 Å². The number of nitrogens with zero attached hydrogens (tertiary/aromatic N) is 1. The summed E-state index contributed by atoms with van der Waals surface area (Å²) >= 11 is 0. The van der Waals surface area contributed by atoms with E-state index in [0.29, 0.717) is 31.9 Å². The second-order valence-corrected chi connectivity index (χ2v) is 7.88. The van der Waals surface area contributed by atoms with E-state index in [-0.39, 0.29) is 17.8 Å². The average Bonchev–Trinajstić information content (AvgIpc) is 3.12. The molecule has 2 atom stereocenters. The maximum atomic E-state index is 13.0. The molecule has 1 aliphatic rings. The quantitative estimate of drug-likeness (QED) is 0.630. The Hall–Kier alpha value is -2.82. The van der Waals surface area contributed by atoms with Crippen LogP contribution < -0.4 is 4.74 Å². The molecule has 0 aliphatic carbocycles. The molecule has 0 radical (unpaired) electrons. The van der Waals surface area contributed by atoms with Crippen molar-refractivity contribution in [3.63, 3.8) is 0 Å². The number of ether oxygens (including phenoxy) is 2. The van der Waals surface area contributed by atoms with Gasteiger partial charge in [-0.2, -0.15) is 0 Å². The Morgan fingerprint density at radius 2 is 1.79 bits per heavy atom. The van der Waals surface area contributed by atoms with Gasteiger partial charge in [0.05, 0.1) is 13.0 Å². The van der Waals surface area contributed by atoms with E-state index < -0.39 is 6.04 Å². The van der Waals surface area contributed by atoms with Crippen LogP contribution in [0.2, 0.25) is 0 Å². The Labute approximate surface area is 172 Å². The number of likely N-dealkylation sites (tertiary alicyclic amines) is 1. The van der Waals surface area contributed by atoms with Crippen LogP contribution in [-0.2, 0) is 20.9 Å². The lowest BCUT2D eigenvalue weighted by atomic mass is 9.97. The smallest absolute Gasteiger partial charge is 0.328 e. The second-order valence-electron chi connectivity index (χ2n) is 7.88. The van der Waals surface area contributed by atoms with E-state index in [2.05, 4.69) is 0 Å². The van der Waals surface area contributed by atoms with Crippen LogP contribution in [0.25, 0.3) is 0 Å². The van der Waals surface area contributed by atoms with Gasteiger partial charge >= 0.3 is 5.97 Å². The number of benzene rings is 2. The number of rotatable bonds is 8. The van der Waals surface area contributed by atoms with Gasteiger partial charge in [0.1, 0.15) is 18.4 Å². The van der Waals surface area contributed by atoms with Crippen LogP contribution in [0.1, 0.15) is 43.7 Å². The Bertz CT molecular complexity index is 817. The lowest BCUT2D eigenvalue weighted by molar-refractivity contribution is -0.152. The largest absolute Gasteiger partial charge is 0.489 e. The number of carbonyl (C=O) groups excluding carboxylic acids is 2. The normalized spacial score (nSPS) is 17.4. The first-order valence-electron chi connectivity index (χ1n) is 10.1. The molecule has 0 spiro atoms. The van der Waals surface area contributed by atoms with Crippen molar-refractivity contribution in [2.24, 2.45) is 5.92 Å². The molecule has 0 N–H and O–H groups in total. The summed E-state index contributed by atoms with van der Waals surface area (Å²) in [6.45, 7) is 5.17. The SMILES string of the molecule is COC(=O)[C@@H](CC(C)C)N1CC[C@H](c2ccc(OCc3ccccc3)cc2)C1=O. The predicted molar refractivity (Wildman–Crippen MR) is 112 cm³/mol. The number of amides is 1. The molecule has 1 fully saturated rings. The lowest BCUT2D eigenvalue weighted by Crippen LogP contribution is -2.44. The number of methoxy groups -OCH3 is 1. The van der Waals surface area contributed by atoms with Crippen molar-refractivity contribution < 1.29 is 19.1 Å². The third kappa shape index (κ3) is 5.17. The van der Waals surface area contributed by atoms with Gasteiger partial charge in [-0.05, 0) is 42.0 Å². The second kappa shape index (κ2) is 9.59.